The molecule has 0 aliphatic heterocycles. The molecule has 0 radical (unpaired) electrons. The number of aromatic nitrogens is 5. The molecule has 2 heterocycles. The summed E-state index contributed by atoms with van der Waals surface area (Å²) in [7, 11) is 1.30. The van der Waals surface area contributed by atoms with E-state index in [1.165, 1.54) is 11.8 Å². The second-order valence-electron chi connectivity index (χ2n) is 3.66. The van der Waals surface area contributed by atoms with Crippen LogP contribution in [-0.2, 0) is 9.53 Å². The molecule has 0 amide bonds. The number of carbonyl (C=O) groups is 1. The van der Waals surface area contributed by atoms with Crippen molar-refractivity contribution in [2.75, 3.05) is 18.2 Å². The van der Waals surface area contributed by atoms with Crippen LogP contribution in [0.4, 0.5) is 11.9 Å². The molecule has 0 bridgehead atoms. The Morgan fingerprint density at radius 2 is 2.26 bits per heavy atom. The van der Waals surface area contributed by atoms with Gasteiger partial charge in [-0.05, 0) is 13.0 Å². The number of nitrogens with zero attached hydrogens (tertiary/aromatic N) is 5. The minimum atomic E-state index is -0.600. The third-order valence-corrected chi connectivity index (χ3v) is 2.25. The van der Waals surface area contributed by atoms with Crippen LogP contribution in [-0.4, -0.2) is 43.9 Å². The fourth-order valence-corrected chi connectivity index (χ4v) is 1.36. The van der Waals surface area contributed by atoms with Gasteiger partial charge in [0.2, 0.25) is 11.9 Å². The number of hydrogen-bond acceptors (Lipinski definition) is 8. The van der Waals surface area contributed by atoms with E-state index < -0.39 is 12.0 Å². The first-order chi connectivity index (χ1) is 9.10. The largest absolute Gasteiger partial charge is 0.467 e. The first-order valence-electron chi connectivity index (χ1n) is 5.46. The van der Waals surface area contributed by atoms with Gasteiger partial charge in [0.1, 0.15) is 6.04 Å². The monoisotopic (exact) mass is 263 g/mol. The zero-order chi connectivity index (χ0) is 13.8. The predicted octanol–water partition coefficient (Wildman–Crippen LogP) is -0.387. The molecule has 100 valence electrons. The summed E-state index contributed by atoms with van der Waals surface area (Å²) >= 11 is 0. The molecule has 2 rings (SSSR count). The van der Waals surface area contributed by atoms with Gasteiger partial charge in [-0.1, -0.05) is 0 Å². The normalized spacial score (nSPS) is 11.9. The van der Waals surface area contributed by atoms with Gasteiger partial charge in [0.05, 0.1) is 7.11 Å². The van der Waals surface area contributed by atoms with Gasteiger partial charge in [-0.3, -0.25) is 0 Å². The van der Waals surface area contributed by atoms with Crippen LogP contribution in [0.15, 0.2) is 18.5 Å². The van der Waals surface area contributed by atoms with Gasteiger partial charge < -0.3 is 15.8 Å². The molecule has 0 aromatic carbocycles. The summed E-state index contributed by atoms with van der Waals surface area (Å²) in [5, 5.41) is 6.77. The van der Waals surface area contributed by atoms with Crippen LogP contribution >= 0.6 is 0 Å². The average molecular weight is 263 g/mol. The van der Waals surface area contributed by atoms with Crippen LogP contribution < -0.4 is 11.1 Å². The molecular weight excluding hydrogens is 250 g/mol. The summed E-state index contributed by atoms with van der Waals surface area (Å²) in [6.07, 6.45) is 3.26. The lowest BCUT2D eigenvalue weighted by atomic mass is 10.3. The highest BCUT2D eigenvalue weighted by Crippen LogP contribution is 2.07. The number of carbonyl (C=O) groups excluding carboxylic acids is 1. The van der Waals surface area contributed by atoms with Crippen molar-refractivity contribution in [1.82, 2.24) is 24.7 Å². The standard InChI is InChI=1S/C10H13N7O2/c1-6(7(18)19-2)13-9-14-8(11)15-10(16-9)17-5-3-4-12-17/h3-6H,1-2H3,(H3,11,13,14,15,16). The molecule has 9 nitrogen and oxygen atoms in total. The van der Waals surface area contributed by atoms with Crippen LogP contribution in [0.2, 0.25) is 0 Å². The van der Waals surface area contributed by atoms with Crippen molar-refractivity contribution < 1.29 is 9.53 Å². The second kappa shape index (κ2) is 5.29. The fraction of sp³-hybridized carbons (Fsp3) is 0.300. The quantitative estimate of drug-likeness (QED) is 0.715. The van der Waals surface area contributed by atoms with Crippen molar-refractivity contribution in [2.45, 2.75) is 13.0 Å². The Balaban J connectivity index is 2.25. The van der Waals surface area contributed by atoms with Crippen LogP contribution in [0.25, 0.3) is 5.95 Å². The molecule has 0 fully saturated rings. The maximum atomic E-state index is 11.3. The molecule has 0 aliphatic rings. The number of nitrogens with one attached hydrogen (secondary N) is 1. The summed E-state index contributed by atoms with van der Waals surface area (Å²) in [5.74, 6) is 0.0349. The maximum absolute atomic E-state index is 11.3. The molecule has 3 N–H and O–H groups in total. The molecule has 19 heavy (non-hydrogen) atoms. The van der Waals surface area contributed by atoms with E-state index >= 15 is 0 Å². The number of esters is 1. The Kier molecular flexibility index (Phi) is 3.55. The van der Waals surface area contributed by atoms with E-state index in [0.29, 0.717) is 0 Å². The van der Waals surface area contributed by atoms with Crippen LogP contribution in [0, 0.1) is 0 Å². The zero-order valence-electron chi connectivity index (χ0n) is 10.4. The number of nitrogens with two attached hydrogens (primary N) is 1. The van der Waals surface area contributed by atoms with E-state index in [-0.39, 0.29) is 17.8 Å². The van der Waals surface area contributed by atoms with E-state index in [9.17, 15) is 4.79 Å². The molecule has 0 aliphatic carbocycles. The smallest absolute Gasteiger partial charge is 0.328 e. The van der Waals surface area contributed by atoms with Crippen molar-refractivity contribution in [1.29, 1.82) is 0 Å². The number of nitrogen functional groups attached to an aromatic ring is 1. The third-order valence-electron chi connectivity index (χ3n) is 2.25. The number of anilines is 2. The number of ether oxygens (including phenoxy) is 1. The molecule has 9 heteroatoms. The van der Waals surface area contributed by atoms with Crippen molar-refractivity contribution >= 4 is 17.9 Å². The Labute approximate surface area is 108 Å². The molecule has 1 atom stereocenters. The predicted molar refractivity (Wildman–Crippen MR) is 66.5 cm³/mol. The van der Waals surface area contributed by atoms with E-state index in [1.54, 1.807) is 25.4 Å². The van der Waals surface area contributed by atoms with E-state index in [0.717, 1.165) is 0 Å². The van der Waals surface area contributed by atoms with Gasteiger partial charge in [0.15, 0.2) is 0 Å². The van der Waals surface area contributed by atoms with Gasteiger partial charge in [0.25, 0.3) is 5.95 Å². The van der Waals surface area contributed by atoms with Gasteiger partial charge >= 0.3 is 5.97 Å². The Morgan fingerprint density at radius 3 is 2.89 bits per heavy atom. The molecule has 0 spiro atoms. The molecule has 0 saturated heterocycles. The SMILES string of the molecule is COC(=O)C(C)Nc1nc(N)nc(-n2cccn2)n1. The topological polar surface area (TPSA) is 121 Å². The minimum absolute atomic E-state index is 0.0278. The molecule has 2 aromatic heterocycles. The number of methoxy groups -OCH3 is 1. The van der Waals surface area contributed by atoms with Crippen molar-refractivity contribution in [2.24, 2.45) is 0 Å². The van der Waals surface area contributed by atoms with Crippen molar-refractivity contribution in [3.05, 3.63) is 18.5 Å². The average Bonchev–Trinajstić information content (AvgIpc) is 2.90. The van der Waals surface area contributed by atoms with Crippen LogP contribution in [0.3, 0.4) is 0 Å². The summed E-state index contributed by atoms with van der Waals surface area (Å²) in [6, 6.07) is 1.13. The highest BCUT2D eigenvalue weighted by atomic mass is 16.5. The highest BCUT2D eigenvalue weighted by molar-refractivity contribution is 5.77. The lowest BCUT2D eigenvalue weighted by molar-refractivity contribution is -0.141. The summed E-state index contributed by atoms with van der Waals surface area (Å²) in [6.45, 7) is 1.62. The summed E-state index contributed by atoms with van der Waals surface area (Å²) in [4.78, 5) is 23.3. The van der Waals surface area contributed by atoms with E-state index in [2.05, 4.69) is 30.1 Å². The molecular formula is C10H13N7O2. The van der Waals surface area contributed by atoms with Gasteiger partial charge in [-0.25, -0.2) is 9.48 Å². The molecule has 0 saturated carbocycles. The van der Waals surface area contributed by atoms with Crippen molar-refractivity contribution in [3.8, 4) is 5.95 Å². The fourth-order valence-electron chi connectivity index (χ4n) is 1.36. The molecule has 1 unspecified atom stereocenters. The Bertz CT molecular complexity index is 569. The Morgan fingerprint density at radius 1 is 1.47 bits per heavy atom. The first kappa shape index (κ1) is 12.7. The second-order valence-corrected chi connectivity index (χ2v) is 3.66. The van der Waals surface area contributed by atoms with Gasteiger partial charge in [0, 0.05) is 12.4 Å². The highest BCUT2D eigenvalue weighted by Gasteiger charge is 2.15. The van der Waals surface area contributed by atoms with Gasteiger partial charge in [-0.15, -0.1) is 0 Å². The lowest BCUT2D eigenvalue weighted by Gasteiger charge is -2.12. The lowest BCUT2D eigenvalue weighted by Crippen LogP contribution is -2.28. The summed E-state index contributed by atoms with van der Waals surface area (Å²) in [5.41, 5.74) is 5.59. The minimum Gasteiger partial charge on any atom is -0.467 e. The number of hydrogen-bond donors (Lipinski definition) is 2. The van der Waals surface area contributed by atoms with E-state index in [4.69, 9.17) is 5.73 Å². The summed E-state index contributed by atoms with van der Waals surface area (Å²) < 4.78 is 6.03. The van der Waals surface area contributed by atoms with Gasteiger partial charge in [-0.2, -0.15) is 20.1 Å². The first-order valence-corrected chi connectivity index (χ1v) is 5.46. The van der Waals surface area contributed by atoms with Crippen molar-refractivity contribution in [3.63, 3.8) is 0 Å². The Hall–Kier alpha value is -2.71. The number of rotatable bonds is 4. The zero-order valence-corrected chi connectivity index (χ0v) is 10.4. The van der Waals surface area contributed by atoms with Crippen LogP contribution in [0.5, 0.6) is 0 Å². The maximum Gasteiger partial charge on any atom is 0.328 e. The van der Waals surface area contributed by atoms with E-state index in [1.807, 2.05) is 0 Å². The molecule has 2 aromatic rings. The van der Waals surface area contributed by atoms with Crippen LogP contribution in [0.1, 0.15) is 6.92 Å². The third kappa shape index (κ3) is 2.94.